The van der Waals surface area contributed by atoms with Crippen LogP contribution in [0.3, 0.4) is 0 Å². The van der Waals surface area contributed by atoms with Crippen molar-refractivity contribution in [3.63, 3.8) is 0 Å². The first-order valence-electron chi connectivity index (χ1n) is 10.1. The van der Waals surface area contributed by atoms with E-state index in [4.69, 9.17) is 10.8 Å². The number of benzene rings is 1. The predicted octanol–water partition coefficient (Wildman–Crippen LogP) is 5.19. The maximum Gasteiger partial charge on any atom is 0.123 e. The lowest BCUT2D eigenvalue weighted by Crippen LogP contribution is -2.31. The van der Waals surface area contributed by atoms with Gasteiger partial charge in [-0.25, -0.2) is 8.91 Å². The molecule has 5 rings (SSSR count). The van der Waals surface area contributed by atoms with E-state index in [0.29, 0.717) is 5.92 Å². The molecule has 1 aliphatic rings. The van der Waals surface area contributed by atoms with Crippen LogP contribution in [0.25, 0.3) is 27.9 Å². The van der Waals surface area contributed by atoms with E-state index in [0.717, 1.165) is 40.7 Å². The third kappa shape index (κ3) is 3.32. The van der Waals surface area contributed by atoms with Crippen molar-refractivity contribution in [1.82, 2.24) is 14.6 Å². The van der Waals surface area contributed by atoms with Crippen molar-refractivity contribution in [2.75, 3.05) is 0 Å². The standard InChI is InChI=1S/C24H23FN4/c25-19-8-5-17(6-9-19)24-23(16-11-13-27-14-12-16)22-10-7-18(15-29(22)28-24)20-3-1-2-4-21(20)26/h5-15,20-21H,1-4,26H2/t20?,21-/m1/s1. The lowest BCUT2D eigenvalue weighted by atomic mass is 9.81. The van der Waals surface area contributed by atoms with Crippen molar-refractivity contribution in [3.8, 4) is 22.4 Å². The van der Waals surface area contributed by atoms with E-state index in [1.54, 1.807) is 24.5 Å². The van der Waals surface area contributed by atoms with Gasteiger partial charge in [0.1, 0.15) is 11.5 Å². The van der Waals surface area contributed by atoms with Crippen molar-refractivity contribution in [3.05, 3.63) is 78.5 Å². The molecular weight excluding hydrogens is 363 g/mol. The summed E-state index contributed by atoms with van der Waals surface area (Å²) in [6.07, 6.45) is 10.3. The highest BCUT2D eigenvalue weighted by atomic mass is 19.1. The Morgan fingerprint density at radius 1 is 0.897 bits per heavy atom. The highest BCUT2D eigenvalue weighted by molar-refractivity contribution is 5.92. The monoisotopic (exact) mass is 386 g/mol. The number of halogens is 1. The minimum absolute atomic E-state index is 0.202. The quantitative estimate of drug-likeness (QED) is 0.527. The number of pyridine rings is 2. The molecule has 1 aromatic carbocycles. The highest BCUT2D eigenvalue weighted by Gasteiger charge is 2.24. The number of hydrogen-bond donors (Lipinski definition) is 1. The fourth-order valence-electron chi connectivity index (χ4n) is 4.47. The van der Waals surface area contributed by atoms with Crippen molar-refractivity contribution in [1.29, 1.82) is 0 Å². The molecule has 0 radical (unpaired) electrons. The van der Waals surface area contributed by atoms with Crippen LogP contribution in [0.4, 0.5) is 4.39 Å². The van der Waals surface area contributed by atoms with Crippen molar-refractivity contribution in [2.24, 2.45) is 5.73 Å². The van der Waals surface area contributed by atoms with E-state index in [9.17, 15) is 4.39 Å². The van der Waals surface area contributed by atoms with Gasteiger partial charge in [-0.1, -0.05) is 18.9 Å². The second kappa shape index (κ2) is 7.41. The molecule has 146 valence electrons. The minimum atomic E-state index is -0.253. The number of hydrogen-bond acceptors (Lipinski definition) is 3. The molecule has 0 amide bonds. The summed E-state index contributed by atoms with van der Waals surface area (Å²) in [7, 11) is 0. The zero-order valence-corrected chi connectivity index (χ0v) is 16.1. The van der Waals surface area contributed by atoms with Gasteiger partial charge in [-0.15, -0.1) is 0 Å². The van der Waals surface area contributed by atoms with Gasteiger partial charge in [0.25, 0.3) is 0 Å². The lowest BCUT2D eigenvalue weighted by Gasteiger charge is -2.28. The first kappa shape index (κ1) is 18.0. The average Bonchev–Trinajstić information content (AvgIpc) is 3.14. The molecule has 3 aromatic heterocycles. The van der Waals surface area contributed by atoms with Crippen LogP contribution in [-0.2, 0) is 0 Å². The van der Waals surface area contributed by atoms with Gasteiger partial charge in [-0.05, 0) is 66.4 Å². The van der Waals surface area contributed by atoms with Crippen LogP contribution in [0, 0.1) is 5.82 Å². The molecule has 0 saturated heterocycles. The fraction of sp³-hybridized carbons (Fsp3) is 0.250. The number of nitrogens with two attached hydrogens (primary N) is 1. The molecule has 4 nitrogen and oxygen atoms in total. The SMILES string of the molecule is N[C@@H]1CCCCC1c1ccc2c(-c3ccncc3)c(-c3ccc(F)cc3)nn2c1. The Hall–Kier alpha value is -3.05. The van der Waals surface area contributed by atoms with E-state index in [2.05, 4.69) is 23.3 Å². The summed E-state index contributed by atoms with van der Waals surface area (Å²) < 4.78 is 15.4. The Morgan fingerprint density at radius 3 is 2.41 bits per heavy atom. The Morgan fingerprint density at radius 2 is 1.66 bits per heavy atom. The molecule has 4 aromatic rings. The van der Waals surface area contributed by atoms with E-state index >= 15 is 0 Å². The Kier molecular flexibility index (Phi) is 4.60. The topological polar surface area (TPSA) is 56.2 Å². The van der Waals surface area contributed by atoms with E-state index < -0.39 is 0 Å². The van der Waals surface area contributed by atoms with Gasteiger partial charge in [0.15, 0.2) is 0 Å². The Balaban J connectivity index is 1.69. The second-order valence-electron chi connectivity index (χ2n) is 7.81. The summed E-state index contributed by atoms with van der Waals surface area (Å²) in [6.45, 7) is 0. The van der Waals surface area contributed by atoms with E-state index in [1.165, 1.54) is 30.5 Å². The maximum atomic E-state index is 13.5. The second-order valence-corrected chi connectivity index (χ2v) is 7.81. The molecule has 1 fully saturated rings. The average molecular weight is 386 g/mol. The molecule has 1 aliphatic carbocycles. The van der Waals surface area contributed by atoms with Crippen LogP contribution in [0.2, 0.25) is 0 Å². The number of fused-ring (bicyclic) bond motifs is 1. The number of aromatic nitrogens is 3. The number of rotatable bonds is 3. The predicted molar refractivity (Wildman–Crippen MR) is 113 cm³/mol. The molecule has 3 heterocycles. The largest absolute Gasteiger partial charge is 0.327 e. The maximum absolute atomic E-state index is 13.5. The zero-order valence-electron chi connectivity index (χ0n) is 16.1. The Bertz CT molecular complexity index is 1130. The Labute approximate surface area is 169 Å². The van der Waals surface area contributed by atoms with Crippen molar-refractivity contribution in [2.45, 2.75) is 37.6 Å². The number of nitrogens with zero attached hydrogens (tertiary/aromatic N) is 3. The van der Waals surface area contributed by atoms with Gasteiger partial charge in [-0.2, -0.15) is 5.10 Å². The van der Waals surface area contributed by atoms with Crippen LogP contribution in [0.1, 0.15) is 37.2 Å². The molecule has 0 bridgehead atoms. The van der Waals surface area contributed by atoms with Gasteiger partial charge in [-0.3, -0.25) is 4.98 Å². The molecule has 2 atom stereocenters. The van der Waals surface area contributed by atoms with Gasteiger partial charge in [0.2, 0.25) is 0 Å². The van der Waals surface area contributed by atoms with Gasteiger partial charge in [0, 0.05) is 41.7 Å². The summed E-state index contributed by atoms with van der Waals surface area (Å²) in [5, 5.41) is 4.90. The molecule has 0 aliphatic heterocycles. The van der Waals surface area contributed by atoms with Gasteiger partial charge < -0.3 is 5.73 Å². The molecule has 29 heavy (non-hydrogen) atoms. The summed E-state index contributed by atoms with van der Waals surface area (Å²) in [6, 6.07) is 15.0. The van der Waals surface area contributed by atoms with Crippen LogP contribution >= 0.6 is 0 Å². The third-order valence-corrected chi connectivity index (χ3v) is 5.99. The summed E-state index contributed by atoms with van der Waals surface area (Å²) in [4.78, 5) is 4.14. The van der Waals surface area contributed by atoms with Gasteiger partial charge in [0.05, 0.1) is 5.52 Å². The lowest BCUT2D eigenvalue weighted by molar-refractivity contribution is 0.384. The minimum Gasteiger partial charge on any atom is -0.327 e. The van der Waals surface area contributed by atoms with Crippen LogP contribution in [-0.4, -0.2) is 20.6 Å². The van der Waals surface area contributed by atoms with Crippen LogP contribution < -0.4 is 5.73 Å². The van der Waals surface area contributed by atoms with E-state index in [1.807, 2.05) is 16.6 Å². The normalized spacial score (nSPS) is 19.5. The smallest absolute Gasteiger partial charge is 0.123 e. The van der Waals surface area contributed by atoms with Gasteiger partial charge >= 0.3 is 0 Å². The molecule has 5 heteroatoms. The first-order chi connectivity index (χ1) is 14.2. The summed E-state index contributed by atoms with van der Waals surface area (Å²) in [5.74, 6) is 0.118. The van der Waals surface area contributed by atoms with Crippen LogP contribution in [0.5, 0.6) is 0 Å². The highest BCUT2D eigenvalue weighted by Crippen LogP contribution is 2.37. The molecule has 1 saturated carbocycles. The van der Waals surface area contributed by atoms with Crippen molar-refractivity contribution >= 4 is 5.52 Å². The fourth-order valence-corrected chi connectivity index (χ4v) is 4.47. The first-order valence-corrected chi connectivity index (χ1v) is 10.1. The van der Waals surface area contributed by atoms with E-state index in [-0.39, 0.29) is 11.9 Å². The van der Waals surface area contributed by atoms with Crippen molar-refractivity contribution < 1.29 is 4.39 Å². The molecule has 2 N–H and O–H groups in total. The summed E-state index contributed by atoms with van der Waals surface area (Å²) >= 11 is 0. The zero-order chi connectivity index (χ0) is 19.8. The summed E-state index contributed by atoms with van der Waals surface area (Å²) in [5.41, 5.74) is 12.5. The third-order valence-electron chi connectivity index (χ3n) is 5.99. The van der Waals surface area contributed by atoms with Crippen LogP contribution in [0.15, 0.2) is 67.1 Å². The molecular formula is C24H23FN4. The molecule has 0 spiro atoms. The molecule has 1 unspecified atom stereocenters.